The van der Waals surface area contributed by atoms with Crippen LogP contribution < -0.4 is 4.72 Å². The summed E-state index contributed by atoms with van der Waals surface area (Å²) in [5, 5.41) is 4.41. The minimum absolute atomic E-state index is 0.169. The molecule has 0 bridgehead atoms. The van der Waals surface area contributed by atoms with Gasteiger partial charge in [0.2, 0.25) is 10.0 Å². The van der Waals surface area contributed by atoms with Gasteiger partial charge in [-0.15, -0.1) is 0 Å². The third kappa shape index (κ3) is 3.37. The van der Waals surface area contributed by atoms with Crippen LogP contribution in [0.5, 0.6) is 0 Å². The SMILES string of the molecule is Cc1nn(CCCNS(=O)(=O)c2cccc3nsnc23)c(C)c1Br. The molecule has 0 amide bonds. The van der Waals surface area contributed by atoms with Crippen LogP contribution in [0.15, 0.2) is 27.6 Å². The average Bonchev–Trinajstić information content (AvgIpc) is 3.12. The third-order valence-electron chi connectivity index (χ3n) is 3.67. The van der Waals surface area contributed by atoms with Crippen LogP contribution in [0, 0.1) is 13.8 Å². The lowest BCUT2D eigenvalue weighted by atomic mass is 10.3. The second kappa shape index (κ2) is 6.87. The minimum Gasteiger partial charge on any atom is -0.268 e. The van der Waals surface area contributed by atoms with Gasteiger partial charge in [-0.1, -0.05) is 6.07 Å². The lowest BCUT2D eigenvalue weighted by Gasteiger charge is -2.08. The first-order valence-corrected chi connectivity index (χ1v) is 10.3. The molecule has 0 atom stereocenters. The summed E-state index contributed by atoms with van der Waals surface area (Å²) >= 11 is 4.49. The maximum absolute atomic E-state index is 12.5. The van der Waals surface area contributed by atoms with Gasteiger partial charge in [0.25, 0.3) is 0 Å². The highest BCUT2D eigenvalue weighted by Gasteiger charge is 2.19. The normalized spacial score (nSPS) is 12.1. The number of nitrogens with zero attached hydrogens (tertiary/aromatic N) is 4. The van der Waals surface area contributed by atoms with E-state index in [1.165, 1.54) is 0 Å². The van der Waals surface area contributed by atoms with E-state index in [1.807, 2.05) is 18.5 Å². The molecule has 2 aromatic heterocycles. The van der Waals surface area contributed by atoms with Gasteiger partial charge in [0.1, 0.15) is 15.9 Å². The van der Waals surface area contributed by atoms with Crippen molar-refractivity contribution < 1.29 is 8.42 Å². The Balaban J connectivity index is 1.65. The van der Waals surface area contributed by atoms with E-state index in [-0.39, 0.29) is 4.90 Å². The Morgan fingerprint density at radius 1 is 1.29 bits per heavy atom. The Labute approximate surface area is 152 Å². The lowest BCUT2D eigenvalue weighted by molar-refractivity contribution is 0.544. The number of rotatable bonds is 6. The van der Waals surface area contributed by atoms with Gasteiger partial charge in [0.15, 0.2) is 0 Å². The Bertz CT molecular complexity index is 980. The van der Waals surface area contributed by atoms with Crippen molar-refractivity contribution >= 4 is 48.7 Å². The number of hydrogen-bond acceptors (Lipinski definition) is 6. The summed E-state index contributed by atoms with van der Waals surface area (Å²) in [6.45, 7) is 4.87. The molecule has 0 aliphatic rings. The van der Waals surface area contributed by atoms with Gasteiger partial charge < -0.3 is 0 Å². The lowest BCUT2D eigenvalue weighted by Crippen LogP contribution is -2.26. The van der Waals surface area contributed by atoms with E-state index in [4.69, 9.17) is 0 Å². The number of fused-ring (bicyclic) bond motifs is 1. The molecule has 0 aliphatic carbocycles. The van der Waals surface area contributed by atoms with Crippen molar-refractivity contribution in [3.63, 3.8) is 0 Å². The number of halogens is 1. The first-order valence-electron chi connectivity index (χ1n) is 7.30. The second-order valence-electron chi connectivity index (χ2n) is 5.35. The molecule has 7 nitrogen and oxygen atoms in total. The molecule has 3 aromatic rings. The summed E-state index contributed by atoms with van der Waals surface area (Å²) in [6, 6.07) is 4.97. The van der Waals surface area contributed by atoms with E-state index in [1.54, 1.807) is 18.2 Å². The van der Waals surface area contributed by atoms with E-state index in [2.05, 4.69) is 34.5 Å². The van der Waals surface area contributed by atoms with Crippen molar-refractivity contribution in [3.05, 3.63) is 34.1 Å². The number of hydrogen-bond donors (Lipinski definition) is 1. The molecule has 0 radical (unpaired) electrons. The summed E-state index contributed by atoms with van der Waals surface area (Å²) in [7, 11) is -3.61. The van der Waals surface area contributed by atoms with Crippen molar-refractivity contribution in [2.24, 2.45) is 0 Å². The van der Waals surface area contributed by atoms with Crippen LogP contribution in [0.4, 0.5) is 0 Å². The van der Waals surface area contributed by atoms with Crippen molar-refractivity contribution in [1.29, 1.82) is 0 Å². The highest BCUT2D eigenvalue weighted by molar-refractivity contribution is 9.10. The van der Waals surface area contributed by atoms with Crippen LogP contribution in [-0.2, 0) is 16.6 Å². The summed E-state index contributed by atoms with van der Waals surface area (Å²) in [5.74, 6) is 0. The van der Waals surface area contributed by atoms with E-state index in [0.29, 0.717) is 30.5 Å². The molecule has 2 heterocycles. The van der Waals surface area contributed by atoms with Gasteiger partial charge >= 0.3 is 0 Å². The summed E-state index contributed by atoms with van der Waals surface area (Å²) in [5.41, 5.74) is 2.97. The van der Waals surface area contributed by atoms with Crippen LogP contribution in [0.25, 0.3) is 11.0 Å². The molecular formula is C14H16BrN5O2S2. The average molecular weight is 430 g/mol. The van der Waals surface area contributed by atoms with Gasteiger partial charge in [0, 0.05) is 18.8 Å². The highest BCUT2D eigenvalue weighted by atomic mass is 79.9. The van der Waals surface area contributed by atoms with Crippen molar-refractivity contribution in [2.75, 3.05) is 6.54 Å². The van der Waals surface area contributed by atoms with E-state index in [0.717, 1.165) is 27.6 Å². The first kappa shape index (κ1) is 17.5. The van der Waals surface area contributed by atoms with Crippen LogP contribution in [0.3, 0.4) is 0 Å². The zero-order valence-corrected chi connectivity index (χ0v) is 16.4. The zero-order chi connectivity index (χ0) is 17.3. The van der Waals surface area contributed by atoms with Gasteiger partial charge in [-0.2, -0.15) is 13.8 Å². The molecule has 0 spiro atoms. The third-order valence-corrected chi connectivity index (χ3v) is 6.85. The molecule has 0 unspecified atom stereocenters. The predicted molar refractivity (Wildman–Crippen MR) is 96.6 cm³/mol. The van der Waals surface area contributed by atoms with Crippen LogP contribution in [-0.4, -0.2) is 33.5 Å². The second-order valence-corrected chi connectivity index (χ2v) is 8.40. The minimum atomic E-state index is -3.61. The fraction of sp³-hybridized carbons (Fsp3) is 0.357. The van der Waals surface area contributed by atoms with Crippen LogP contribution in [0.1, 0.15) is 17.8 Å². The summed E-state index contributed by atoms with van der Waals surface area (Å²) < 4.78 is 38.6. The molecule has 0 fully saturated rings. The summed E-state index contributed by atoms with van der Waals surface area (Å²) in [4.78, 5) is 0.169. The van der Waals surface area contributed by atoms with Gasteiger partial charge in [-0.3, -0.25) is 4.68 Å². The molecular weight excluding hydrogens is 414 g/mol. The number of aromatic nitrogens is 4. The quantitative estimate of drug-likeness (QED) is 0.608. The standard InChI is InChI=1S/C14H16BrN5O2S2/c1-9-13(15)10(2)20(17-9)8-4-7-16-24(21,22)12-6-3-5-11-14(12)19-23-18-11/h3,5-6,16H,4,7-8H2,1-2H3. The topological polar surface area (TPSA) is 89.8 Å². The smallest absolute Gasteiger partial charge is 0.242 e. The van der Waals surface area contributed by atoms with E-state index >= 15 is 0 Å². The Morgan fingerprint density at radius 2 is 2.08 bits per heavy atom. The predicted octanol–water partition coefficient (Wildman–Crippen LogP) is 2.64. The largest absolute Gasteiger partial charge is 0.268 e. The Hall–Kier alpha value is -1.36. The molecule has 0 saturated carbocycles. The first-order chi connectivity index (χ1) is 11.4. The molecule has 3 rings (SSSR count). The molecule has 24 heavy (non-hydrogen) atoms. The molecule has 0 saturated heterocycles. The van der Waals surface area contributed by atoms with E-state index in [9.17, 15) is 8.42 Å². The Kier molecular flexibility index (Phi) is 5.00. The maximum atomic E-state index is 12.5. The number of aryl methyl sites for hydroxylation is 2. The van der Waals surface area contributed by atoms with Gasteiger partial charge in [-0.05, 0) is 48.3 Å². The van der Waals surface area contributed by atoms with E-state index < -0.39 is 10.0 Å². The molecule has 1 aromatic carbocycles. The fourth-order valence-corrected chi connectivity index (χ4v) is 4.53. The van der Waals surface area contributed by atoms with Crippen molar-refractivity contribution in [2.45, 2.75) is 31.7 Å². The van der Waals surface area contributed by atoms with Crippen LogP contribution >= 0.6 is 27.7 Å². The Morgan fingerprint density at radius 3 is 2.79 bits per heavy atom. The summed E-state index contributed by atoms with van der Waals surface area (Å²) in [6.07, 6.45) is 0.638. The number of sulfonamides is 1. The van der Waals surface area contributed by atoms with Crippen LogP contribution in [0.2, 0.25) is 0 Å². The zero-order valence-electron chi connectivity index (χ0n) is 13.2. The van der Waals surface area contributed by atoms with Crippen molar-refractivity contribution in [1.82, 2.24) is 23.2 Å². The molecule has 128 valence electrons. The highest BCUT2D eigenvalue weighted by Crippen LogP contribution is 2.21. The molecule has 1 N–H and O–H groups in total. The monoisotopic (exact) mass is 429 g/mol. The van der Waals surface area contributed by atoms with Gasteiger partial charge in [-0.25, -0.2) is 13.1 Å². The molecule has 0 aliphatic heterocycles. The maximum Gasteiger partial charge on any atom is 0.242 e. The molecule has 10 heteroatoms. The fourth-order valence-electron chi connectivity index (χ4n) is 2.40. The van der Waals surface area contributed by atoms with Gasteiger partial charge in [0.05, 0.1) is 21.9 Å². The number of benzene rings is 1. The number of nitrogens with one attached hydrogen (secondary N) is 1. The van der Waals surface area contributed by atoms with Crippen molar-refractivity contribution in [3.8, 4) is 0 Å².